The smallest absolute Gasteiger partial charge is 0.109 e. The first-order chi connectivity index (χ1) is 11.4. The van der Waals surface area contributed by atoms with Gasteiger partial charge in [-0.2, -0.15) is 0 Å². The first-order valence-electron chi connectivity index (χ1n) is 9.14. The Balaban J connectivity index is 2.47. The summed E-state index contributed by atoms with van der Waals surface area (Å²) < 4.78 is 0. The molecule has 0 aromatic carbocycles. The number of aliphatic hydroxyl groups excluding tert-OH is 4. The molecule has 144 valence electrons. The topological polar surface area (TPSA) is 101 Å². The van der Waals surface area contributed by atoms with Crippen LogP contribution in [0.25, 0.3) is 0 Å². The Morgan fingerprint density at radius 1 is 1.20 bits per heavy atom. The largest absolute Gasteiger partial charge is 0.393 e. The first kappa shape index (κ1) is 20.6. The van der Waals surface area contributed by atoms with Gasteiger partial charge in [-0.05, 0) is 42.1 Å². The molecule has 0 spiro atoms. The van der Waals surface area contributed by atoms with Crippen molar-refractivity contribution in [1.29, 1.82) is 0 Å². The second kappa shape index (κ2) is 6.78. The summed E-state index contributed by atoms with van der Waals surface area (Å²) in [6.07, 6.45) is 2.89. The van der Waals surface area contributed by atoms with Crippen molar-refractivity contribution >= 4 is 0 Å². The van der Waals surface area contributed by atoms with Gasteiger partial charge in [0.25, 0.3) is 0 Å². The highest BCUT2D eigenvalue weighted by molar-refractivity contribution is 5.25. The summed E-state index contributed by atoms with van der Waals surface area (Å²) in [7, 11) is 0. The summed E-state index contributed by atoms with van der Waals surface area (Å²) in [6, 6.07) is 0. The number of hydrogen-bond acceptors (Lipinski definition) is 5. The standard InChI is InChI=1S/C20H34O5/c1-12(13(22)11-21)7-8-14-19(4)10-6-9-18(2,3)16(19)15(23)17(24)20(14,5)25/h7-8,13-17,21-25H,1,6,9-11H2,2-5H3/b8-7+. The molecular formula is C20H34O5. The van der Waals surface area contributed by atoms with Crippen LogP contribution in [0.4, 0.5) is 0 Å². The highest BCUT2D eigenvalue weighted by atomic mass is 16.4. The van der Waals surface area contributed by atoms with E-state index in [1.54, 1.807) is 19.1 Å². The van der Waals surface area contributed by atoms with Crippen molar-refractivity contribution in [2.45, 2.75) is 70.9 Å². The average molecular weight is 354 g/mol. The molecule has 0 aliphatic heterocycles. The monoisotopic (exact) mass is 354 g/mol. The second-order valence-electron chi connectivity index (χ2n) is 9.10. The Morgan fingerprint density at radius 3 is 2.36 bits per heavy atom. The molecule has 25 heavy (non-hydrogen) atoms. The molecule has 0 radical (unpaired) electrons. The number of hydrogen-bond donors (Lipinski definition) is 5. The van der Waals surface area contributed by atoms with Crippen molar-refractivity contribution in [3.8, 4) is 0 Å². The Hall–Kier alpha value is -0.720. The maximum atomic E-state index is 11.1. The summed E-state index contributed by atoms with van der Waals surface area (Å²) in [5.41, 5.74) is -1.70. The van der Waals surface area contributed by atoms with Crippen LogP contribution in [0, 0.1) is 22.7 Å². The molecule has 7 atom stereocenters. The summed E-state index contributed by atoms with van der Waals surface area (Å²) in [5, 5.41) is 51.3. The van der Waals surface area contributed by atoms with Crippen LogP contribution in [0.2, 0.25) is 0 Å². The third-order valence-corrected chi connectivity index (χ3v) is 6.80. The molecule has 2 rings (SSSR count). The van der Waals surface area contributed by atoms with Gasteiger partial charge in [0.2, 0.25) is 0 Å². The van der Waals surface area contributed by atoms with Gasteiger partial charge in [-0.1, -0.05) is 45.9 Å². The Kier molecular flexibility index (Phi) is 5.59. The molecule has 2 fully saturated rings. The number of fused-ring (bicyclic) bond motifs is 1. The Bertz CT molecular complexity index is 538. The summed E-state index contributed by atoms with van der Waals surface area (Å²) in [4.78, 5) is 0. The lowest BCUT2D eigenvalue weighted by atomic mass is 9.44. The predicted molar refractivity (Wildman–Crippen MR) is 96.7 cm³/mol. The molecule has 2 aliphatic rings. The number of aliphatic hydroxyl groups is 5. The zero-order valence-electron chi connectivity index (χ0n) is 15.8. The maximum absolute atomic E-state index is 11.1. The van der Waals surface area contributed by atoms with Crippen LogP contribution >= 0.6 is 0 Å². The summed E-state index contributed by atoms with van der Waals surface area (Å²) in [5.74, 6) is -0.569. The van der Waals surface area contributed by atoms with E-state index in [0.717, 1.165) is 19.3 Å². The van der Waals surface area contributed by atoms with Crippen molar-refractivity contribution < 1.29 is 25.5 Å². The van der Waals surface area contributed by atoms with E-state index in [0.29, 0.717) is 5.57 Å². The van der Waals surface area contributed by atoms with Gasteiger partial charge in [-0.25, -0.2) is 0 Å². The molecule has 5 heteroatoms. The van der Waals surface area contributed by atoms with Crippen LogP contribution in [-0.2, 0) is 0 Å². The van der Waals surface area contributed by atoms with E-state index in [2.05, 4.69) is 27.4 Å². The van der Waals surface area contributed by atoms with E-state index in [1.165, 1.54) is 0 Å². The third kappa shape index (κ3) is 3.33. The number of rotatable bonds is 4. The molecule has 0 bridgehead atoms. The van der Waals surface area contributed by atoms with Crippen LogP contribution < -0.4 is 0 Å². The van der Waals surface area contributed by atoms with Crippen LogP contribution in [0.15, 0.2) is 24.3 Å². The molecule has 0 amide bonds. The molecule has 0 saturated heterocycles. The molecule has 5 nitrogen and oxygen atoms in total. The minimum Gasteiger partial charge on any atom is -0.393 e. The fraction of sp³-hybridized carbons (Fsp3) is 0.800. The van der Waals surface area contributed by atoms with E-state index >= 15 is 0 Å². The van der Waals surface area contributed by atoms with E-state index in [9.17, 15) is 20.4 Å². The van der Waals surface area contributed by atoms with Crippen LogP contribution in [0.3, 0.4) is 0 Å². The molecular weight excluding hydrogens is 320 g/mol. The van der Waals surface area contributed by atoms with Crippen molar-refractivity contribution in [3.05, 3.63) is 24.3 Å². The van der Waals surface area contributed by atoms with Crippen LogP contribution in [0.5, 0.6) is 0 Å². The quantitative estimate of drug-likeness (QED) is 0.491. The fourth-order valence-electron chi connectivity index (χ4n) is 5.57. The fourth-order valence-corrected chi connectivity index (χ4v) is 5.57. The van der Waals surface area contributed by atoms with Gasteiger partial charge in [0.1, 0.15) is 12.2 Å². The summed E-state index contributed by atoms with van der Waals surface area (Å²) in [6.45, 7) is 11.2. The van der Waals surface area contributed by atoms with Gasteiger partial charge >= 0.3 is 0 Å². The van der Waals surface area contributed by atoms with E-state index in [-0.39, 0.29) is 11.3 Å². The normalized spacial score (nSPS) is 45.2. The van der Waals surface area contributed by atoms with Gasteiger partial charge in [0, 0.05) is 5.92 Å². The third-order valence-electron chi connectivity index (χ3n) is 6.80. The van der Waals surface area contributed by atoms with Crippen molar-refractivity contribution in [1.82, 2.24) is 0 Å². The lowest BCUT2D eigenvalue weighted by Crippen LogP contribution is -2.69. The molecule has 7 unspecified atom stereocenters. The van der Waals surface area contributed by atoms with E-state index in [4.69, 9.17) is 5.11 Å². The van der Waals surface area contributed by atoms with Crippen molar-refractivity contribution in [2.24, 2.45) is 22.7 Å². The van der Waals surface area contributed by atoms with Crippen molar-refractivity contribution in [2.75, 3.05) is 6.61 Å². The van der Waals surface area contributed by atoms with Crippen LogP contribution in [-0.4, -0.2) is 56.1 Å². The van der Waals surface area contributed by atoms with Crippen LogP contribution in [0.1, 0.15) is 47.0 Å². The van der Waals surface area contributed by atoms with Gasteiger partial charge in [-0.3, -0.25) is 0 Å². The van der Waals surface area contributed by atoms with Gasteiger partial charge in [-0.15, -0.1) is 0 Å². The maximum Gasteiger partial charge on any atom is 0.109 e. The lowest BCUT2D eigenvalue weighted by molar-refractivity contribution is -0.255. The van der Waals surface area contributed by atoms with E-state index < -0.39 is 41.9 Å². The Labute approximate surface area is 150 Å². The van der Waals surface area contributed by atoms with E-state index in [1.807, 2.05) is 0 Å². The lowest BCUT2D eigenvalue weighted by Gasteiger charge is -2.63. The predicted octanol–water partition coefficient (Wildman–Crippen LogP) is 1.39. The Morgan fingerprint density at radius 2 is 1.80 bits per heavy atom. The van der Waals surface area contributed by atoms with Gasteiger partial charge in [0.15, 0.2) is 0 Å². The second-order valence-corrected chi connectivity index (χ2v) is 9.10. The van der Waals surface area contributed by atoms with Gasteiger partial charge in [0.05, 0.1) is 18.3 Å². The first-order valence-corrected chi connectivity index (χ1v) is 9.14. The van der Waals surface area contributed by atoms with Gasteiger partial charge < -0.3 is 25.5 Å². The molecule has 0 aromatic rings. The minimum atomic E-state index is -1.50. The summed E-state index contributed by atoms with van der Waals surface area (Å²) >= 11 is 0. The minimum absolute atomic E-state index is 0.155. The highest BCUT2D eigenvalue weighted by Gasteiger charge is 2.64. The molecule has 0 aromatic heterocycles. The molecule has 0 heterocycles. The SMILES string of the molecule is C=C(/C=C/C1C(C)(O)C(O)C(O)C2C(C)(C)CCCC21C)C(O)CO. The zero-order chi connectivity index (χ0) is 19.2. The van der Waals surface area contributed by atoms with Crippen molar-refractivity contribution in [3.63, 3.8) is 0 Å². The highest BCUT2D eigenvalue weighted by Crippen LogP contribution is 2.62. The zero-order valence-corrected chi connectivity index (χ0v) is 15.8. The average Bonchev–Trinajstić information content (AvgIpc) is 2.50. The molecule has 5 N–H and O–H groups in total. The molecule has 2 aliphatic carbocycles. The molecule has 2 saturated carbocycles.